The van der Waals surface area contributed by atoms with Gasteiger partial charge in [0.2, 0.25) is 11.8 Å². The summed E-state index contributed by atoms with van der Waals surface area (Å²) in [5.74, 6) is -6.13. The van der Waals surface area contributed by atoms with Crippen LogP contribution >= 0.6 is 0 Å². The molecule has 1 fully saturated rings. The van der Waals surface area contributed by atoms with Gasteiger partial charge in [-0.1, -0.05) is 30.3 Å². The molecule has 1 aliphatic rings. The van der Waals surface area contributed by atoms with Gasteiger partial charge in [-0.05, 0) is 23.8 Å². The molecule has 2 aromatic rings. The van der Waals surface area contributed by atoms with Crippen LogP contribution in [0.15, 0.2) is 53.4 Å². The number of benzene rings is 2. The Morgan fingerprint density at radius 3 is 2.52 bits per heavy atom. The first-order valence-electron chi connectivity index (χ1n) is 8.84. The number of anilines is 1. The molecule has 0 radical (unpaired) electrons. The van der Waals surface area contributed by atoms with Crippen molar-refractivity contribution in [2.45, 2.75) is 23.7 Å². The first-order valence-corrected chi connectivity index (χ1v) is 10.7. The molecule has 154 valence electrons. The van der Waals surface area contributed by atoms with Gasteiger partial charge in [-0.2, -0.15) is 0 Å². The molecule has 0 saturated carbocycles. The molecule has 2 atom stereocenters. The molecule has 1 heterocycles. The van der Waals surface area contributed by atoms with E-state index in [1.165, 1.54) is 36.4 Å². The highest BCUT2D eigenvalue weighted by Gasteiger charge is 2.41. The molecule has 0 spiro atoms. The Hall–Kier alpha value is -2.81. The average molecular weight is 422 g/mol. The van der Waals surface area contributed by atoms with Crippen molar-refractivity contribution in [1.29, 1.82) is 0 Å². The minimum absolute atomic E-state index is 0.0623. The normalized spacial score (nSPS) is 19.7. The van der Waals surface area contributed by atoms with Gasteiger partial charge < -0.3 is 10.6 Å². The maximum absolute atomic E-state index is 13.7. The fourth-order valence-electron chi connectivity index (χ4n) is 3.38. The van der Waals surface area contributed by atoms with Gasteiger partial charge in [-0.3, -0.25) is 9.59 Å². The van der Waals surface area contributed by atoms with Crippen molar-refractivity contribution in [3.63, 3.8) is 0 Å². The van der Waals surface area contributed by atoms with Gasteiger partial charge in [-0.15, -0.1) is 0 Å². The molecule has 0 bridgehead atoms. The molecule has 2 aromatic carbocycles. The highest BCUT2D eigenvalue weighted by Crippen LogP contribution is 2.34. The number of halogens is 2. The van der Waals surface area contributed by atoms with Crippen molar-refractivity contribution >= 4 is 27.3 Å². The maximum Gasteiger partial charge on any atom is 0.270 e. The standard InChI is InChI=1S/C20H20F2N2O4S/c1-20(21,22)13-7-5-6-12(10-13)14-11-23-18(25)17(14)19(26)24-15-8-3-4-9-16(15)29(2,27)28/h3-10,14,17H,11H2,1-2H3,(H,23,25)(H,24,26)/t14-,17-/m1/s1. The van der Waals surface area contributed by atoms with Crippen LogP contribution in [-0.2, 0) is 25.3 Å². The summed E-state index contributed by atoms with van der Waals surface area (Å²) in [6, 6.07) is 11.5. The third kappa shape index (κ3) is 4.45. The first kappa shape index (κ1) is 20.9. The number of carbonyl (C=O) groups excluding carboxylic acids is 2. The largest absolute Gasteiger partial charge is 0.355 e. The second kappa shape index (κ2) is 7.55. The van der Waals surface area contributed by atoms with Crippen molar-refractivity contribution in [2.75, 3.05) is 18.1 Å². The molecule has 2 N–H and O–H groups in total. The Bertz CT molecular complexity index is 1060. The van der Waals surface area contributed by atoms with Crippen molar-refractivity contribution in [3.8, 4) is 0 Å². The summed E-state index contributed by atoms with van der Waals surface area (Å²) in [6.07, 6.45) is 1.01. The summed E-state index contributed by atoms with van der Waals surface area (Å²) in [4.78, 5) is 25.1. The summed E-state index contributed by atoms with van der Waals surface area (Å²) >= 11 is 0. The van der Waals surface area contributed by atoms with Crippen molar-refractivity contribution in [2.24, 2.45) is 5.92 Å². The zero-order valence-corrected chi connectivity index (χ0v) is 16.6. The second-order valence-corrected chi connectivity index (χ2v) is 9.08. The van der Waals surface area contributed by atoms with Crippen LogP contribution in [0.1, 0.15) is 24.0 Å². The van der Waals surface area contributed by atoms with Gasteiger partial charge in [0.1, 0.15) is 5.92 Å². The lowest BCUT2D eigenvalue weighted by Crippen LogP contribution is -2.32. The minimum atomic E-state index is -3.60. The van der Waals surface area contributed by atoms with Gasteiger partial charge in [0.25, 0.3) is 5.92 Å². The number of hydrogen-bond donors (Lipinski definition) is 2. The molecule has 29 heavy (non-hydrogen) atoms. The molecule has 1 aliphatic heterocycles. The Balaban J connectivity index is 1.92. The lowest BCUT2D eigenvalue weighted by Gasteiger charge is -2.19. The van der Waals surface area contributed by atoms with Gasteiger partial charge in [0.15, 0.2) is 9.84 Å². The van der Waals surface area contributed by atoms with Crippen LogP contribution in [0.3, 0.4) is 0 Å². The predicted molar refractivity (Wildman–Crippen MR) is 103 cm³/mol. The van der Waals surface area contributed by atoms with Crippen molar-refractivity contribution in [3.05, 3.63) is 59.7 Å². The number of alkyl halides is 2. The van der Waals surface area contributed by atoms with E-state index in [-0.39, 0.29) is 22.7 Å². The second-order valence-electron chi connectivity index (χ2n) is 7.10. The van der Waals surface area contributed by atoms with E-state index in [1.807, 2.05) is 0 Å². The Labute approximate surface area is 167 Å². The molecule has 3 rings (SSSR count). The zero-order chi connectivity index (χ0) is 21.4. The zero-order valence-electron chi connectivity index (χ0n) is 15.8. The highest BCUT2D eigenvalue weighted by atomic mass is 32.2. The fraction of sp³-hybridized carbons (Fsp3) is 0.300. The summed E-state index contributed by atoms with van der Waals surface area (Å²) < 4.78 is 51.2. The Morgan fingerprint density at radius 1 is 1.17 bits per heavy atom. The fourth-order valence-corrected chi connectivity index (χ4v) is 4.22. The van der Waals surface area contributed by atoms with Crippen LogP contribution in [0.2, 0.25) is 0 Å². The third-order valence-corrected chi connectivity index (χ3v) is 5.98. The monoisotopic (exact) mass is 422 g/mol. The SMILES string of the molecule is CC(F)(F)c1cccc([C@H]2CNC(=O)[C@@H]2C(=O)Nc2ccccc2S(C)(=O)=O)c1. The smallest absolute Gasteiger partial charge is 0.270 e. The van der Waals surface area contributed by atoms with E-state index in [0.717, 1.165) is 13.2 Å². The number of carbonyl (C=O) groups is 2. The van der Waals surface area contributed by atoms with Crippen molar-refractivity contribution in [1.82, 2.24) is 5.32 Å². The maximum atomic E-state index is 13.7. The molecule has 1 saturated heterocycles. The number of amides is 2. The minimum Gasteiger partial charge on any atom is -0.355 e. The lowest BCUT2D eigenvalue weighted by atomic mass is 9.86. The molecule has 2 amide bonds. The van der Waals surface area contributed by atoms with Gasteiger partial charge in [0, 0.05) is 31.2 Å². The summed E-state index contributed by atoms with van der Waals surface area (Å²) in [6.45, 7) is 0.889. The highest BCUT2D eigenvalue weighted by molar-refractivity contribution is 7.90. The molecular weight excluding hydrogens is 402 g/mol. The number of sulfone groups is 1. The Morgan fingerprint density at radius 2 is 1.86 bits per heavy atom. The molecule has 6 nitrogen and oxygen atoms in total. The molecule has 9 heteroatoms. The van der Waals surface area contributed by atoms with Gasteiger partial charge >= 0.3 is 0 Å². The van der Waals surface area contributed by atoms with E-state index in [0.29, 0.717) is 5.56 Å². The van der Waals surface area contributed by atoms with E-state index in [1.54, 1.807) is 12.1 Å². The van der Waals surface area contributed by atoms with E-state index < -0.39 is 39.4 Å². The van der Waals surface area contributed by atoms with Crippen LogP contribution in [0, 0.1) is 5.92 Å². The first-order chi connectivity index (χ1) is 13.5. The quantitative estimate of drug-likeness (QED) is 0.725. The number of nitrogens with one attached hydrogen (secondary N) is 2. The predicted octanol–water partition coefficient (Wildman–Crippen LogP) is 2.67. The molecule has 0 unspecified atom stereocenters. The van der Waals surface area contributed by atoms with Crippen LogP contribution in [0.25, 0.3) is 0 Å². The van der Waals surface area contributed by atoms with Gasteiger partial charge in [0.05, 0.1) is 10.6 Å². The summed E-state index contributed by atoms with van der Waals surface area (Å²) in [7, 11) is -3.60. The van der Waals surface area contributed by atoms with Crippen LogP contribution in [-0.4, -0.2) is 33.0 Å². The van der Waals surface area contributed by atoms with E-state index in [9.17, 15) is 26.8 Å². The average Bonchev–Trinajstić information content (AvgIpc) is 3.02. The topological polar surface area (TPSA) is 92.3 Å². The summed E-state index contributed by atoms with van der Waals surface area (Å²) in [5, 5.41) is 5.09. The van der Waals surface area contributed by atoms with Crippen LogP contribution in [0.4, 0.5) is 14.5 Å². The summed E-state index contributed by atoms with van der Waals surface area (Å²) in [5.41, 5.74) is 0.280. The van der Waals surface area contributed by atoms with E-state index >= 15 is 0 Å². The number of rotatable bonds is 5. The number of para-hydroxylation sites is 1. The molecule has 0 aromatic heterocycles. The molecule has 0 aliphatic carbocycles. The van der Waals surface area contributed by atoms with Gasteiger partial charge in [-0.25, -0.2) is 17.2 Å². The van der Waals surface area contributed by atoms with Crippen LogP contribution < -0.4 is 10.6 Å². The van der Waals surface area contributed by atoms with E-state index in [2.05, 4.69) is 10.6 Å². The molecular formula is C20H20F2N2O4S. The van der Waals surface area contributed by atoms with Crippen molar-refractivity contribution < 1.29 is 26.8 Å². The van der Waals surface area contributed by atoms with E-state index in [4.69, 9.17) is 0 Å². The third-order valence-electron chi connectivity index (χ3n) is 4.83. The lowest BCUT2D eigenvalue weighted by molar-refractivity contribution is -0.130. The van der Waals surface area contributed by atoms with Crippen LogP contribution in [0.5, 0.6) is 0 Å². The Kier molecular flexibility index (Phi) is 5.44. The number of hydrogen-bond acceptors (Lipinski definition) is 4.